The van der Waals surface area contributed by atoms with Gasteiger partial charge in [-0.05, 0) is 31.2 Å². The number of ether oxygens (including phenoxy) is 2. The number of hydrogen-bond acceptors (Lipinski definition) is 4. The highest BCUT2D eigenvalue weighted by Crippen LogP contribution is 2.23. The Kier molecular flexibility index (Phi) is 4.14. The number of fused-ring (bicyclic) bond motifs is 1. The van der Waals surface area contributed by atoms with Gasteiger partial charge in [0.25, 0.3) is 5.91 Å². The number of aryl methyl sites for hydroxylation is 1. The molecule has 0 radical (unpaired) electrons. The molecule has 6 heteroatoms. The van der Waals surface area contributed by atoms with Crippen LogP contribution < -0.4 is 14.8 Å². The minimum absolute atomic E-state index is 0.108. The fourth-order valence-electron chi connectivity index (χ4n) is 2.30. The smallest absolute Gasteiger partial charge is 0.262 e. The molecule has 2 aromatic heterocycles. The first-order valence-corrected chi connectivity index (χ1v) is 7.17. The van der Waals surface area contributed by atoms with Crippen molar-refractivity contribution in [3.05, 3.63) is 54.5 Å². The number of nitrogens with one attached hydrogen (secondary N) is 1. The fourth-order valence-corrected chi connectivity index (χ4v) is 2.30. The van der Waals surface area contributed by atoms with Crippen LogP contribution in [0, 0.1) is 6.92 Å². The van der Waals surface area contributed by atoms with E-state index in [0.717, 1.165) is 5.69 Å². The van der Waals surface area contributed by atoms with Crippen molar-refractivity contribution in [2.24, 2.45) is 0 Å². The summed E-state index contributed by atoms with van der Waals surface area (Å²) in [5.41, 5.74) is 2.19. The average Bonchev–Trinajstić information content (AvgIpc) is 2.94. The minimum atomic E-state index is -0.264. The highest BCUT2D eigenvalue weighted by molar-refractivity contribution is 5.93. The monoisotopic (exact) mass is 311 g/mol. The zero-order chi connectivity index (χ0) is 16.2. The first kappa shape index (κ1) is 14.9. The molecule has 0 atom stereocenters. The summed E-state index contributed by atoms with van der Waals surface area (Å²) in [6, 6.07) is 10.9. The lowest BCUT2D eigenvalue weighted by atomic mass is 10.3. The Bertz CT molecular complexity index is 842. The predicted molar refractivity (Wildman–Crippen MR) is 87.0 cm³/mol. The number of pyridine rings is 1. The Labute approximate surface area is 133 Å². The summed E-state index contributed by atoms with van der Waals surface area (Å²) in [6.45, 7) is 1.80. The molecule has 6 nitrogen and oxygen atoms in total. The van der Waals surface area contributed by atoms with E-state index in [9.17, 15) is 4.79 Å². The molecule has 1 N–H and O–H groups in total. The zero-order valence-corrected chi connectivity index (χ0v) is 12.9. The van der Waals surface area contributed by atoms with Gasteiger partial charge in [-0.25, -0.2) is 4.98 Å². The first-order chi connectivity index (χ1) is 11.2. The van der Waals surface area contributed by atoms with Crippen LogP contribution in [0.2, 0.25) is 0 Å². The van der Waals surface area contributed by atoms with Gasteiger partial charge in [0.15, 0.2) is 18.0 Å². The van der Waals surface area contributed by atoms with Crippen LogP contribution in [0.5, 0.6) is 11.5 Å². The van der Waals surface area contributed by atoms with Crippen LogP contribution in [0.25, 0.3) is 5.65 Å². The van der Waals surface area contributed by atoms with E-state index in [0.29, 0.717) is 22.8 Å². The van der Waals surface area contributed by atoms with Gasteiger partial charge in [0.2, 0.25) is 0 Å². The van der Waals surface area contributed by atoms with Crippen molar-refractivity contribution >= 4 is 17.2 Å². The van der Waals surface area contributed by atoms with Crippen LogP contribution in [0.3, 0.4) is 0 Å². The summed E-state index contributed by atoms with van der Waals surface area (Å²) >= 11 is 0. The standard InChI is InChI=1S/C17H17N3O3/c1-12-10-20-9-5-8-15(17(20)18-12)23-11-16(21)19-13-6-3-4-7-14(13)22-2/h3-10H,11H2,1-2H3,(H,19,21). The molecule has 3 rings (SSSR count). The van der Waals surface area contributed by atoms with Crippen LogP contribution in [0.15, 0.2) is 48.8 Å². The molecule has 118 valence electrons. The molecule has 0 aliphatic carbocycles. The summed E-state index contributed by atoms with van der Waals surface area (Å²) in [4.78, 5) is 16.5. The fraction of sp³-hybridized carbons (Fsp3) is 0.176. The molecule has 3 aromatic rings. The van der Waals surface area contributed by atoms with Gasteiger partial charge in [-0.15, -0.1) is 0 Å². The van der Waals surface area contributed by atoms with Crippen molar-refractivity contribution in [3.63, 3.8) is 0 Å². The molecule has 0 unspecified atom stereocenters. The van der Waals surface area contributed by atoms with Crippen molar-refractivity contribution in [2.45, 2.75) is 6.92 Å². The van der Waals surface area contributed by atoms with E-state index in [-0.39, 0.29) is 12.5 Å². The van der Waals surface area contributed by atoms with Crippen LogP contribution in [0.4, 0.5) is 5.69 Å². The number of benzene rings is 1. The summed E-state index contributed by atoms with van der Waals surface area (Å²) in [5, 5.41) is 2.77. The summed E-state index contributed by atoms with van der Waals surface area (Å²) in [7, 11) is 1.56. The van der Waals surface area contributed by atoms with E-state index >= 15 is 0 Å². The van der Waals surface area contributed by atoms with Crippen LogP contribution in [-0.2, 0) is 4.79 Å². The predicted octanol–water partition coefficient (Wildman–Crippen LogP) is 2.67. The number of para-hydroxylation sites is 2. The molecule has 0 aliphatic rings. The quantitative estimate of drug-likeness (QED) is 0.787. The summed E-state index contributed by atoms with van der Waals surface area (Å²) in [6.07, 6.45) is 3.79. The zero-order valence-electron chi connectivity index (χ0n) is 12.9. The molecule has 0 bridgehead atoms. The maximum Gasteiger partial charge on any atom is 0.262 e. The normalized spacial score (nSPS) is 10.5. The highest BCUT2D eigenvalue weighted by atomic mass is 16.5. The SMILES string of the molecule is COc1ccccc1NC(=O)COc1cccn2cc(C)nc12. The maximum absolute atomic E-state index is 12.1. The number of aromatic nitrogens is 2. The molecule has 0 aliphatic heterocycles. The molecule has 1 aromatic carbocycles. The largest absolute Gasteiger partial charge is 0.495 e. The van der Waals surface area contributed by atoms with Gasteiger partial charge in [0.05, 0.1) is 18.5 Å². The molecule has 23 heavy (non-hydrogen) atoms. The van der Waals surface area contributed by atoms with E-state index in [1.165, 1.54) is 0 Å². The Balaban J connectivity index is 1.69. The van der Waals surface area contributed by atoms with Gasteiger partial charge in [0, 0.05) is 12.4 Å². The average molecular weight is 311 g/mol. The van der Waals surface area contributed by atoms with Gasteiger partial charge in [-0.1, -0.05) is 12.1 Å². The number of imidazole rings is 1. The number of carbonyl (C=O) groups excluding carboxylic acids is 1. The van der Waals surface area contributed by atoms with Gasteiger partial charge in [-0.3, -0.25) is 4.79 Å². The Morgan fingerprint density at radius 1 is 1.22 bits per heavy atom. The number of nitrogens with zero attached hydrogens (tertiary/aromatic N) is 2. The van der Waals surface area contributed by atoms with Gasteiger partial charge in [-0.2, -0.15) is 0 Å². The third kappa shape index (κ3) is 3.26. The van der Waals surface area contributed by atoms with Crippen molar-refractivity contribution < 1.29 is 14.3 Å². The molecular weight excluding hydrogens is 294 g/mol. The van der Waals surface area contributed by atoms with Gasteiger partial charge < -0.3 is 19.2 Å². The Morgan fingerprint density at radius 3 is 2.83 bits per heavy atom. The second-order valence-electron chi connectivity index (χ2n) is 5.02. The van der Waals surface area contributed by atoms with Crippen LogP contribution >= 0.6 is 0 Å². The van der Waals surface area contributed by atoms with E-state index in [1.807, 2.05) is 41.9 Å². The third-order valence-electron chi connectivity index (χ3n) is 3.31. The van der Waals surface area contributed by atoms with Crippen molar-refractivity contribution in [3.8, 4) is 11.5 Å². The van der Waals surface area contributed by atoms with Gasteiger partial charge >= 0.3 is 0 Å². The molecule has 0 saturated heterocycles. The van der Waals surface area contributed by atoms with E-state index in [4.69, 9.17) is 9.47 Å². The Hall–Kier alpha value is -3.02. The number of hydrogen-bond donors (Lipinski definition) is 1. The minimum Gasteiger partial charge on any atom is -0.495 e. The molecule has 0 spiro atoms. The van der Waals surface area contributed by atoms with E-state index in [1.54, 1.807) is 25.3 Å². The highest BCUT2D eigenvalue weighted by Gasteiger charge is 2.10. The van der Waals surface area contributed by atoms with Gasteiger partial charge in [0.1, 0.15) is 5.75 Å². The van der Waals surface area contributed by atoms with Crippen LogP contribution in [0.1, 0.15) is 5.69 Å². The number of anilines is 1. The number of methoxy groups -OCH3 is 1. The lowest BCUT2D eigenvalue weighted by molar-refractivity contribution is -0.118. The first-order valence-electron chi connectivity index (χ1n) is 7.17. The lowest BCUT2D eigenvalue weighted by Crippen LogP contribution is -2.20. The van der Waals surface area contributed by atoms with Crippen molar-refractivity contribution in [2.75, 3.05) is 19.0 Å². The molecular formula is C17H17N3O3. The number of carbonyl (C=O) groups is 1. The summed E-state index contributed by atoms with van der Waals surface area (Å²) in [5.74, 6) is 0.905. The molecule has 0 fully saturated rings. The second-order valence-corrected chi connectivity index (χ2v) is 5.02. The van der Waals surface area contributed by atoms with E-state index < -0.39 is 0 Å². The van der Waals surface area contributed by atoms with Crippen molar-refractivity contribution in [1.29, 1.82) is 0 Å². The van der Waals surface area contributed by atoms with Crippen LogP contribution in [-0.4, -0.2) is 29.0 Å². The van der Waals surface area contributed by atoms with Crippen molar-refractivity contribution in [1.82, 2.24) is 9.38 Å². The summed E-state index contributed by atoms with van der Waals surface area (Å²) < 4.78 is 12.7. The number of rotatable bonds is 5. The molecule has 0 saturated carbocycles. The lowest BCUT2D eigenvalue weighted by Gasteiger charge is -2.11. The maximum atomic E-state index is 12.1. The van der Waals surface area contributed by atoms with E-state index in [2.05, 4.69) is 10.3 Å². The second kappa shape index (κ2) is 6.39. The molecule has 2 heterocycles. The molecule has 1 amide bonds. The Morgan fingerprint density at radius 2 is 2.00 bits per heavy atom. The topological polar surface area (TPSA) is 64.9 Å². The third-order valence-corrected chi connectivity index (χ3v) is 3.31. The number of amides is 1.